The first-order valence-electron chi connectivity index (χ1n) is 9.90. The second-order valence-electron chi connectivity index (χ2n) is 8.04. The summed E-state index contributed by atoms with van der Waals surface area (Å²) in [6.45, 7) is 11.8. The molecule has 1 aliphatic heterocycles. The van der Waals surface area contributed by atoms with Gasteiger partial charge in [0.2, 0.25) is 0 Å². The molecule has 1 saturated heterocycles. The zero-order valence-corrected chi connectivity index (χ0v) is 20.9. The monoisotopic (exact) mass is 520 g/mol. The molecule has 7 nitrogen and oxygen atoms in total. The summed E-state index contributed by atoms with van der Waals surface area (Å²) in [6.07, 6.45) is 1.30. The highest BCUT2D eigenvalue weighted by atomic mass is 127. The molecule has 1 heterocycles. The van der Waals surface area contributed by atoms with E-state index in [1.54, 1.807) is 14.2 Å². The van der Waals surface area contributed by atoms with Crippen molar-refractivity contribution in [1.82, 2.24) is 10.2 Å². The van der Waals surface area contributed by atoms with Crippen LogP contribution < -0.4 is 20.5 Å². The Morgan fingerprint density at radius 3 is 2.41 bits per heavy atom. The van der Waals surface area contributed by atoms with Gasteiger partial charge in [-0.05, 0) is 51.8 Å². The molecule has 0 aromatic heterocycles. The maximum atomic E-state index is 6.08. The predicted molar refractivity (Wildman–Crippen MR) is 129 cm³/mol. The molecular weight excluding hydrogens is 483 g/mol. The molecule has 29 heavy (non-hydrogen) atoms. The van der Waals surface area contributed by atoms with E-state index in [2.05, 4.69) is 42.9 Å². The number of nitrogens with two attached hydrogens (primary N) is 1. The molecule has 2 unspecified atom stereocenters. The molecule has 2 atom stereocenters. The molecule has 0 amide bonds. The summed E-state index contributed by atoms with van der Waals surface area (Å²) in [4.78, 5) is 7.01. The van der Waals surface area contributed by atoms with Gasteiger partial charge in [-0.25, -0.2) is 0 Å². The first-order chi connectivity index (χ1) is 13.2. The van der Waals surface area contributed by atoms with Crippen molar-refractivity contribution in [2.75, 3.05) is 40.4 Å². The number of ether oxygens (including phenoxy) is 3. The van der Waals surface area contributed by atoms with Gasteiger partial charge in [0.1, 0.15) is 0 Å². The molecule has 0 bridgehead atoms. The van der Waals surface area contributed by atoms with E-state index in [0.29, 0.717) is 19.0 Å². The number of nitrogens with zero attached hydrogens (tertiary/aromatic N) is 2. The van der Waals surface area contributed by atoms with Crippen molar-refractivity contribution in [3.05, 3.63) is 23.8 Å². The van der Waals surface area contributed by atoms with Gasteiger partial charge in [0.25, 0.3) is 0 Å². The highest BCUT2D eigenvalue weighted by Gasteiger charge is 2.33. The lowest BCUT2D eigenvalue weighted by Gasteiger charge is -2.44. The number of methoxy groups -OCH3 is 2. The van der Waals surface area contributed by atoms with Crippen LogP contribution in [0, 0.1) is 0 Å². The van der Waals surface area contributed by atoms with Crippen LogP contribution in [0.4, 0.5) is 0 Å². The molecule has 0 aliphatic carbocycles. The average molecular weight is 520 g/mol. The minimum Gasteiger partial charge on any atom is -0.493 e. The predicted octanol–water partition coefficient (Wildman–Crippen LogP) is 2.66. The van der Waals surface area contributed by atoms with E-state index in [1.165, 1.54) is 0 Å². The van der Waals surface area contributed by atoms with Crippen LogP contribution in [0.5, 0.6) is 11.5 Å². The van der Waals surface area contributed by atoms with Crippen molar-refractivity contribution in [3.63, 3.8) is 0 Å². The third-order valence-electron chi connectivity index (χ3n) is 5.08. The summed E-state index contributed by atoms with van der Waals surface area (Å²) in [7, 11) is 3.28. The van der Waals surface area contributed by atoms with Gasteiger partial charge in [0.15, 0.2) is 17.5 Å². The maximum Gasteiger partial charge on any atom is 0.188 e. The highest BCUT2D eigenvalue weighted by Crippen LogP contribution is 2.27. The zero-order chi connectivity index (χ0) is 20.7. The molecule has 3 N–H and O–H groups in total. The van der Waals surface area contributed by atoms with Crippen molar-refractivity contribution in [3.8, 4) is 11.5 Å². The van der Waals surface area contributed by atoms with Crippen LogP contribution >= 0.6 is 24.0 Å². The number of halogens is 1. The third-order valence-corrected chi connectivity index (χ3v) is 5.08. The molecule has 1 aliphatic rings. The molecular formula is C21H37IN4O3. The minimum absolute atomic E-state index is 0. The molecule has 8 heteroatoms. The summed E-state index contributed by atoms with van der Waals surface area (Å²) in [5, 5.41) is 3.20. The van der Waals surface area contributed by atoms with E-state index in [-0.39, 0.29) is 41.7 Å². The number of guanidine groups is 1. The van der Waals surface area contributed by atoms with Crippen LogP contribution in [0.25, 0.3) is 0 Å². The van der Waals surface area contributed by atoms with Gasteiger partial charge in [0.05, 0.1) is 33.0 Å². The van der Waals surface area contributed by atoms with E-state index in [4.69, 9.17) is 19.9 Å². The van der Waals surface area contributed by atoms with Crippen LogP contribution in [0.2, 0.25) is 0 Å². The van der Waals surface area contributed by atoms with Gasteiger partial charge in [-0.15, -0.1) is 24.0 Å². The van der Waals surface area contributed by atoms with E-state index >= 15 is 0 Å². The highest BCUT2D eigenvalue weighted by molar-refractivity contribution is 14.0. The van der Waals surface area contributed by atoms with Crippen molar-refractivity contribution in [2.45, 2.75) is 51.9 Å². The zero-order valence-electron chi connectivity index (χ0n) is 18.5. The van der Waals surface area contributed by atoms with E-state index < -0.39 is 0 Å². The minimum atomic E-state index is -0.0675. The average Bonchev–Trinajstić information content (AvgIpc) is 2.65. The van der Waals surface area contributed by atoms with Gasteiger partial charge in [-0.1, -0.05) is 6.07 Å². The number of benzene rings is 1. The summed E-state index contributed by atoms with van der Waals surface area (Å²) in [5.74, 6) is 1.94. The van der Waals surface area contributed by atoms with Crippen LogP contribution in [-0.2, 0) is 11.2 Å². The van der Waals surface area contributed by atoms with Gasteiger partial charge in [-0.3, -0.25) is 9.89 Å². The van der Waals surface area contributed by atoms with E-state index in [1.807, 2.05) is 18.2 Å². The lowest BCUT2D eigenvalue weighted by Crippen LogP contribution is -2.56. The Bertz CT molecular complexity index is 659. The van der Waals surface area contributed by atoms with Crippen molar-refractivity contribution >= 4 is 29.9 Å². The Balaban J connectivity index is 0.00000420. The summed E-state index contributed by atoms with van der Waals surface area (Å²) >= 11 is 0. The summed E-state index contributed by atoms with van der Waals surface area (Å²) in [6, 6.07) is 5.93. The lowest BCUT2D eigenvalue weighted by atomic mass is 10.0. The SMILES string of the molecule is COc1ccc(CCNC(N)=NCC(C)(C)N2CC(C)OC(C)C2)cc1OC.I. The molecule has 1 aromatic rings. The largest absolute Gasteiger partial charge is 0.493 e. The van der Waals surface area contributed by atoms with Crippen LogP contribution in [0.3, 0.4) is 0 Å². The Morgan fingerprint density at radius 1 is 1.21 bits per heavy atom. The summed E-state index contributed by atoms with van der Waals surface area (Å²) < 4.78 is 16.4. The van der Waals surface area contributed by atoms with Crippen LogP contribution in [-0.4, -0.2) is 69.0 Å². The van der Waals surface area contributed by atoms with Gasteiger partial charge in [0, 0.05) is 25.2 Å². The number of hydrogen-bond donors (Lipinski definition) is 2. The normalized spacial score (nSPS) is 20.7. The van der Waals surface area contributed by atoms with Crippen LogP contribution in [0.1, 0.15) is 33.3 Å². The number of rotatable bonds is 8. The third kappa shape index (κ3) is 7.82. The molecule has 0 saturated carbocycles. The fourth-order valence-corrected chi connectivity index (χ4v) is 3.48. The standard InChI is InChI=1S/C21H36N4O3.HI/c1-15-12-25(13-16(2)28-15)21(3,4)14-24-20(22)23-10-9-17-7-8-18(26-5)19(11-17)27-6;/h7-8,11,15-16H,9-10,12-14H2,1-6H3,(H3,22,23,24);1H. The van der Waals surface area contributed by atoms with E-state index in [0.717, 1.165) is 36.6 Å². The topological polar surface area (TPSA) is 81.3 Å². The molecule has 166 valence electrons. The molecule has 1 aromatic carbocycles. The van der Waals surface area contributed by atoms with Gasteiger partial charge in [-0.2, -0.15) is 0 Å². The molecule has 1 fully saturated rings. The van der Waals surface area contributed by atoms with Gasteiger partial charge < -0.3 is 25.3 Å². The van der Waals surface area contributed by atoms with Crippen LogP contribution in [0.15, 0.2) is 23.2 Å². The Hall–Kier alpha value is -1.26. The fraction of sp³-hybridized carbons (Fsp3) is 0.667. The number of aliphatic imine (C=N–C) groups is 1. The summed E-state index contributed by atoms with van der Waals surface area (Å²) in [5.41, 5.74) is 7.16. The first kappa shape index (κ1) is 25.8. The second-order valence-corrected chi connectivity index (χ2v) is 8.04. The fourth-order valence-electron chi connectivity index (χ4n) is 3.48. The van der Waals surface area contributed by atoms with Crippen molar-refractivity contribution in [2.24, 2.45) is 10.7 Å². The quantitative estimate of drug-likeness (QED) is 0.312. The molecule has 0 radical (unpaired) electrons. The smallest absolute Gasteiger partial charge is 0.188 e. The van der Waals surface area contributed by atoms with Crippen molar-refractivity contribution < 1.29 is 14.2 Å². The Morgan fingerprint density at radius 2 is 1.83 bits per heavy atom. The Labute approximate surface area is 192 Å². The van der Waals surface area contributed by atoms with E-state index in [9.17, 15) is 0 Å². The number of nitrogens with one attached hydrogen (secondary N) is 1. The Kier molecular flexibility index (Phi) is 10.5. The lowest BCUT2D eigenvalue weighted by molar-refractivity contribution is -0.0939. The molecule has 2 rings (SSSR count). The number of morpholine rings is 1. The maximum absolute atomic E-state index is 6.08. The second kappa shape index (κ2) is 11.8. The first-order valence-corrected chi connectivity index (χ1v) is 9.90. The van der Waals surface area contributed by atoms with Gasteiger partial charge >= 0.3 is 0 Å². The number of hydrogen-bond acceptors (Lipinski definition) is 5. The van der Waals surface area contributed by atoms with Crippen molar-refractivity contribution in [1.29, 1.82) is 0 Å². The molecule has 0 spiro atoms.